The lowest BCUT2D eigenvalue weighted by atomic mass is 9.83. The molecule has 5 nitrogen and oxygen atoms in total. The molecule has 1 fully saturated rings. The number of hydrogen-bond acceptors (Lipinski definition) is 3. The highest BCUT2D eigenvalue weighted by atomic mass is 19.3. The zero-order chi connectivity index (χ0) is 27.2. The normalized spacial score (nSPS) is 17.0. The fourth-order valence-corrected chi connectivity index (χ4v) is 5.27. The van der Waals surface area contributed by atoms with Crippen LogP contribution >= 0.6 is 0 Å². The zero-order valence-electron chi connectivity index (χ0n) is 22.2. The van der Waals surface area contributed by atoms with Gasteiger partial charge in [0.15, 0.2) is 5.78 Å². The van der Waals surface area contributed by atoms with Gasteiger partial charge in [-0.05, 0) is 71.0 Å². The Morgan fingerprint density at radius 1 is 0.974 bits per heavy atom. The van der Waals surface area contributed by atoms with Crippen molar-refractivity contribution in [3.05, 3.63) is 66.1 Å². The number of imidazole rings is 1. The van der Waals surface area contributed by atoms with Gasteiger partial charge in [-0.2, -0.15) is 0 Å². The van der Waals surface area contributed by atoms with E-state index in [0.29, 0.717) is 11.4 Å². The van der Waals surface area contributed by atoms with Gasteiger partial charge in [-0.25, -0.2) is 13.8 Å². The van der Waals surface area contributed by atoms with Crippen molar-refractivity contribution in [1.82, 2.24) is 15.3 Å². The van der Waals surface area contributed by atoms with Crippen molar-refractivity contribution in [2.75, 3.05) is 0 Å². The predicted molar refractivity (Wildman–Crippen MR) is 146 cm³/mol. The molecule has 1 saturated carbocycles. The molecule has 0 spiro atoms. The minimum atomic E-state index is -2.67. The molecule has 198 valence electrons. The summed E-state index contributed by atoms with van der Waals surface area (Å²) in [5.41, 5.74) is 2.14. The van der Waals surface area contributed by atoms with Crippen LogP contribution in [0.4, 0.5) is 8.78 Å². The topological polar surface area (TPSA) is 74.8 Å². The molecule has 3 aromatic carbocycles. The number of hydrogen-bond donors (Lipinski definition) is 2. The van der Waals surface area contributed by atoms with Gasteiger partial charge in [0.1, 0.15) is 5.82 Å². The third kappa shape index (κ3) is 5.33. The van der Waals surface area contributed by atoms with Gasteiger partial charge in [0.05, 0.1) is 17.9 Å². The number of amides is 1. The lowest BCUT2D eigenvalue weighted by Crippen LogP contribution is -2.42. The molecule has 4 aromatic rings. The summed E-state index contributed by atoms with van der Waals surface area (Å²) >= 11 is 0. The molecule has 0 bridgehead atoms. The second-order valence-electron chi connectivity index (χ2n) is 11.7. The third-order valence-corrected chi connectivity index (χ3v) is 7.62. The summed E-state index contributed by atoms with van der Waals surface area (Å²) in [5.74, 6) is -2.58. The highest BCUT2D eigenvalue weighted by Gasteiger charge is 2.39. The van der Waals surface area contributed by atoms with E-state index in [2.05, 4.69) is 33.5 Å². The quantitative estimate of drug-likeness (QED) is 0.211. The maximum Gasteiger partial charge on any atom is 0.248 e. The number of aromatic nitrogens is 2. The van der Waals surface area contributed by atoms with Gasteiger partial charge in [0.2, 0.25) is 11.8 Å². The standard InChI is InChI=1S/C31H33F2N3O2/c1-18(37)20-5-6-21-15-25-16-23(8-7-22(25)14-24(21)13-20)26-17-34-28(35-26)27(30(2,3)4)36-29(38)19-9-11-31(32,33)12-10-19/h5-8,13-17,19,27H,9-12H2,1-4H3,(H,34,35)(H,36,38). The molecule has 1 aromatic heterocycles. The molecule has 1 unspecified atom stereocenters. The summed E-state index contributed by atoms with van der Waals surface area (Å²) in [6, 6.07) is 15.7. The first-order chi connectivity index (χ1) is 17.9. The Bertz CT molecular complexity index is 1520. The van der Waals surface area contributed by atoms with Gasteiger partial charge in [-0.15, -0.1) is 0 Å². The van der Waals surface area contributed by atoms with E-state index in [4.69, 9.17) is 0 Å². The number of rotatable bonds is 5. The molecule has 5 rings (SSSR count). The van der Waals surface area contributed by atoms with Crippen molar-refractivity contribution < 1.29 is 18.4 Å². The van der Waals surface area contributed by atoms with Gasteiger partial charge < -0.3 is 10.3 Å². The average molecular weight is 518 g/mol. The van der Waals surface area contributed by atoms with Crippen LogP contribution in [0.5, 0.6) is 0 Å². The molecule has 1 amide bonds. The number of benzene rings is 3. The van der Waals surface area contributed by atoms with Crippen LogP contribution < -0.4 is 5.32 Å². The van der Waals surface area contributed by atoms with Crippen molar-refractivity contribution >= 4 is 33.2 Å². The number of alkyl halides is 2. The number of Topliss-reactive ketones (excluding diaryl/α,β-unsaturated/α-hetero) is 1. The molecule has 2 N–H and O–H groups in total. The van der Waals surface area contributed by atoms with Gasteiger partial charge >= 0.3 is 0 Å². The maximum atomic E-state index is 13.6. The van der Waals surface area contributed by atoms with E-state index in [-0.39, 0.29) is 42.8 Å². The van der Waals surface area contributed by atoms with E-state index in [1.54, 1.807) is 13.1 Å². The van der Waals surface area contributed by atoms with Crippen LogP contribution in [-0.2, 0) is 4.79 Å². The van der Waals surface area contributed by atoms with Gasteiger partial charge in [0.25, 0.3) is 0 Å². The summed E-state index contributed by atoms with van der Waals surface area (Å²) in [5, 5.41) is 7.31. The molecule has 1 atom stereocenters. The van der Waals surface area contributed by atoms with Crippen LogP contribution in [0.1, 0.15) is 75.6 Å². The number of halogens is 2. The molecule has 1 aliphatic rings. The Kier molecular flexibility index (Phi) is 6.58. The van der Waals surface area contributed by atoms with Crippen LogP contribution in [0.3, 0.4) is 0 Å². The van der Waals surface area contributed by atoms with E-state index in [9.17, 15) is 18.4 Å². The molecule has 1 heterocycles. The fourth-order valence-electron chi connectivity index (χ4n) is 5.27. The van der Waals surface area contributed by atoms with Crippen LogP contribution in [0.25, 0.3) is 32.8 Å². The van der Waals surface area contributed by atoms with Crippen LogP contribution in [0.15, 0.2) is 54.7 Å². The summed E-state index contributed by atoms with van der Waals surface area (Å²) < 4.78 is 27.2. The minimum Gasteiger partial charge on any atom is -0.345 e. The molecule has 1 aliphatic carbocycles. The summed E-state index contributed by atoms with van der Waals surface area (Å²) in [7, 11) is 0. The van der Waals surface area contributed by atoms with Crippen molar-refractivity contribution in [1.29, 1.82) is 0 Å². The fraction of sp³-hybridized carbons (Fsp3) is 0.387. The molecular weight excluding hydrogens is 484 g/mol. The Balaban J connectivity index is 1.40. The number of nitrogens with one attached hydrogen (secondary N) is 2. The number of fused-ring (bicyclic) bond motifs is 2. The zero-order valence-corrected chi connectivity index (χ0v) is 22.2. The Hall–Kier alpha value is -3.61. The smallest absolute Gasteiger partial charge is 0.248 e. The molecule has 0 radical (unpaired) electrons. The highest BCUT2D eigenvalue weighted by molar-refractivity contribution is 6.03. The van der Waals surface area contributed by atoms with E-state index in [1.165, 1.54) is 0 Å². The molecule has 38 heavy (non-hydrogen) atoms. The Labute approximate surface area is 221 Å². The summed E-state index contributed by atoms with van der Waals surface area (Å²) in [6.45, 7) is 7.63. The lowest BCUT2D eigenvalue weighted by molar-refractivity contribution is -0.130. The number of carbonyl (C=O) groups is 2. The molecular formula is C31H33F2N3O2. The van der Waals surface area contributed by atoms with Crippen molar-refractivity contribution in [3.63, 3.8) is 0 Å². The van der Waals surface area contributed by atoms with Crippen molar-refractivity contribution in [2.24, 2.45) is 11.3 Å². The number of aromatic amines is 1. The molecule has 0 saturated heterocycles. The summed E-state index contributed by atoms with van der Waals surface area (Å²) in [4.78, 5) is 32.8. The van der Waals surface area contributed by atoms with Crippen molar-refractivity contribution in [3.8, 4) is 11.3 Å². The predicted octanol–water partition coefficient (Wildman–Crippen LogP) is 7.61. The Morgan fingerprint density at radius 2 is 1.61 bits per heavy atom. The third-order valence-electron chi connectivity index (χ3n) is 7.62. The van der Waals surface area contributed by atoms with Crippen LogP contribution in [0.2, 0.25) is 0 Å². The molecule has 0 aliphatic heterocycles. The van der Waals surface area contributed by atoms with Gasteiger partial charge in [0, 0.05) is 29.9 Å². The van der Waals surface area contributed by atoms with E-state index < -0.39 is 17.9 Å². The van der Waals surface area contributed by atoms with E-state index in [1.807, 2.05) is 51.1 Å². The number of ketones is 1. The summed E-state index contributed by atoms with van der Waals surface area (Å²) in [6.07, 6.45) is 1.67. The highest BCUT2D eigenvalue weighted by Crippen LogP contribution is 2.38. The SMILES string of the molecule is CC(=O)c1ccc2cc3cc(-c4cnc(C(NC(=O)C5CCC(F)(F)CC5)C(C)(C)C)[nH]4)ccc3cc2c1. The Morgan fingerprint density at radius 3 is 2.24 bits per heavy atom. The first kappa shape index (κ1) is 26.0. The van der Waals surface area contributed by atoms with E-state index >= 15 is 0 Å². The second-order valence-corrected chi connectivity index (χ2v) is 11.7. The first-order valence-corrected chi connectivity index (χ1v) is 13.1. The number of carbonyl (C=O) groups excluding carboxylic acids is 2. The van der Waals surface area contributed by atoms with Gasteiger partial charge in [-0.3, -0.25) is 9.59 Å². The van der Waals surface area contributed by atoms with Crippen LogP contribution in [-0.4, -0.2) is 27.6 Å². The number of nitrogens with zero attached hydrogens (tertiary/aromatic N) is 1. The van der Waals surface area contributed by atoms with Crippen LogP contribution in [0, 0.1) is 11.3 Å². The average Bonchev–Trinajstić information content (AvgIpc) is 3.34. The number of H-pyrrole nitrogens is 1. The van der Waals surface area contributed by atoms with Gasteiger partial charge in [-0.1, -0.05) is 45.0 Å². The maximum absolute atomic E-state index is 13.6. The monoisotopic (exact) mass is 517 g/mol. The minimum absolute atomic E-state index is 0.0439. The van der Waals surface area contributed by atoms with Crippen molar-refractivity contribution in [2.45, 2.75) is 65.3 Å². The first-order valence-electron chi connectivity index (χ1n) is 13.1. The van der Waals surface area contributed by atoms with E-state index in [0.717, 1.165) is 32.8 Å². The lowest BCUT2D eigenvalue weighted by Gasteiger charge is -2.33. The second kappa shape index (κ2) is 9.61. The molecule has 7 heteroatoms. The largest absolute Gasteiger partial charge is 0.345 e.